The summed E-state index contributed by atoms with van der Waals surface area (Å²) >= 11 is 6.15. The first-order chi connectivity index (χ1) is 11.8. The number of rotatable bonds is 4. The normalized spacial score (nSPS) is 21.8. The van der Waals surface area contributed by atoms with Crippen LogP contribution in [0.1, 0.15) is 46.5 Å². The van der Waals surface area contributed by atoms with E-state index in [4.69, 9.17) is 27.1 Å². The number of nitrogens with zero attached hydrogens (tertiary/aromatic N) is 1. The van der Waals surface area contributed by atoms with E-state index in [2.05, 4.69) is 31.4 Å². The van der Waals surface area contributed by atoms with Crippen molar-refractivity contribution in [3.8, 4) is 5.75 Å². The van der Waals surface area contributed by atoms with Crippen molar-refractivity contribution in [1.82, 2.24) is 5.32 Å². The van der Waals surface area contributed by atoms with Crippen molar-refractivity contribution in [1.29, 1.82) is 0 Å². The van der Waals surface area contributed by atoms with Crippen LogP contribution in [0.2, 0.25) is 5.02 Å². The predicted molar refractivity (Wildman–Crippen MR) is 107 cm³/mol. The lowest BCUT2D eigenvalue weighted by Crippen LogP contribution is -2.51. The number of anilines is 1. The number of aliphatic imine (C=N–C) groups is 1. The van der Waals surface area contributed by atoms with E-state index in [-0.39, 0.29) is 17.5 Å². The fraction of sp³-hybridized carbons (Fsp3) is 0.632. The van der Waals surface area contributed by atoms with Crippen molar-refractivity contribution < 1.29 is 4.74 Å². The summed E-state index contributed by atoms with van der Waals surface area (Å²) in [6.45, 7) is 7.20. The average molecular weight is 367 g/mol. The summed E-state index contributed by atoms with van der Waals surface area (Å²) < 4.78 is 5.43. The van der Waals surface area contributed by atoms with Crippen LogP contribution in [-0.2, 0) is 0 Å². The van der Waals surface area contributed by atoms with Crippen molar-refractivity contribution in [2.24, 2.45) is 16.1 Å². The Hall–Kier alpha value is -1.46. The summed E-state index contributed by atoms with van der Waals surface area (Å²) in [5.41, 5.74) is 7.18. The minimum absolute atomic E-state index is 0.0989. The van der Waals surface area contributed by atoms with Crippen LogP contribution in [-0.4, -0.2) is 31.7 Å². The summed E-state index contributed by atoms with van der Waals surface area (Å²) in [6, 6.07) is 5.87. The van der Waals surface area contributed by atoms with Gasteiger partial charge in [-0.2, -0.15) is 0 Å². The Balaban J connectivity index is 2.20. The highest BCUT2D eigenvalue weighted by atomic mass is 35.5. The highest BCUT2D eigenvalue weighted by molar-refractivity contribution is 6.31. The van der Waals surface area contributed by atoms with Gasteiger partial charge in [-0.15, -0.1) is 0 Å². The maximum Gasteiger partial charge on any atom is 0.196 e. The molecule has 0 bridgehead atoms. The molecular weight excluding hydrogens is 336 g/mol. The molecule has 25 heavy (non-hydrogen) atoms. The van der Waals surface area contributed by atoms with E-state index in [9.17, 15) is 0 Å². The van der Waals surface area contributed by atoms with Crippen LogP contribution in [0.15, 0.2) is 23.2 Å². The molecule has 0 unspecified atom stereocenters. The quantitative estimate of drug-likeness (QED) is 0.556. The first-order valence-corrected chi connectivity index (χ1v) is 9.33. The van der Waals surface area contributed by atoms with E-state index in [0.29, 0.717) is 11.6 Å². The van der Waals surface area contributed by atoms with Gasteiger partial charge in [-0.3, -0.25) is 4.99 Å². The fourth-order valence-corrected chi connectivity index (χ4v) is 3.03. The lowest BCUT2D eigenvalue weighted by atomic mass is 9.91. The van der Waals surface area contributed by atoms with Gasteiger partial charge in [0.05, 0.1) is 12.8 Å². The Labute approximate surface area is 156 Å². The topological polar surface area (TPSA) is 71.7 Å². The molecule has 0 spiro atoms. The van der Waals surface area contributed by atoms with E-state index in [0.717, 1.165) is 30.2 Å². The number of hydrogen-bond acceptors (Lipinski definition) is 3. The van der Waals surface area contributed by atoms with Crippen molar-refractivity contribution in [2.45, 2.75) is 58.5 Å². The molecule has 0 aliphatic heterocycles. The second-order valence-electron chi connectivity index (χ2n) is 7.89. The van der Waals surface area contributed by atoms with Crippen molar-refractivity contribution in [3.63, 3.8) is 0 Å². The Kier molecular flexibility index (Phi) is 6.96. The molecule has 6 heteroatoms. The lowest BCUT2D eigenvalue weighted by Gasteiger charge is -2.31. The van der Waals surface area contributed by atoms with Gasteiger partial charge in [-0.1, -0.05) is 45.2 Å². The SMILES string of the molecule is COc1ccc(Cl)cc1NC(=NCC(C)(C)C)N[C@H]1CCCC[C@@H]1N. The van der Waals surface area contributed by atoms with Crippen molar-refractivity contribution in [3.05, 3.63) is 23.2 Å². The van der Waals surface area contributed by atoms with Crippen molar-refractivity contribution in [2.75, 3.05) is 19.0 Å². The standard InChI is InChI=1S/C19H31ClN4O/c1-19(2,3)12-22-18(23-15-8-6-5-7-14(15)21)24-16-11-13(20)9-10-17(16)25-4/h9-11,14-15H,5-8,12,21H2,1-4H3,(H2,22,23,24)/t14-,15-/m0/s1. The maximum absolute atomic E-state index is 6.29. The van der Waals surface area contributed by atoms with Crippen LogP contribution < -0.4 is 21.1 Å². The van der Waals surface area contributed by atoms with Gasteiger partial charge in [0.2, 0.25) is 0 Å². The number of hydrogen-bond donors (Lipinski definition) is 3. The molecule has 1 aliphatic carbocycles. The average Bonchev–Trinajstić information content (AvgIpc) is 2.54. The lowest BCUT2D eigenvalue weighted by molar-refractivity contribution is 0.359. The summed E-state index contributed by atoms with van der Waals surface area (Å²) in [5, 5.41) is 7.51. The first-order valence-electron chi connectivity index (χ1n) is 8.95. The van der Waals surface area contributed by atoms with Gasteiger partial charge in [-0.25, -0.2) is 0 Å². The molecule has 0 heterocycles. The van der Waals surface area contributed by atoms with Crippen LogP contribution in [0.25, 0.3) is 0 Å². The maximum atomic E-state index is 6.29. The molecule has 0 amide bonds. The summed E-state index contributed by atoms with van der Waals surface area (Å²) in [5.74, 6) is 1.44. The highest BCUT2D eigenvalue weighted by Crippen LogP contribution is 2.28. The number of nitrogens with one attached hydrogen (secondary N) is 2. The Morgan fingerprint density at radius 3 is 2.68 bits per heavy atom. The van der Waals surface area contributed by atoms with Crippen LogP contribution in [0.3, 0.4) is 0 Å². The molecule has 1 aliphatic rings. The zero-order chi connectivity index (χ0) is 18.4. The summed E-state index contributed by atoms with van der Waals surface area (Å²) in [7, 11) is 1.64. The molecule has 4 N–H and O–H groups in total. The van der Waals surface area contributed by atoms with Gasteiger partial charge in [0, 0.05) is 23.7 Å². The summed E-state index contributed by atoms with van der Waals surface area (Å²) in [6.07, 6.45) is 4.50. The van der Waals surface area contributed by atoms with Gasteiger partial charge in [0.1, 0.15) is 5.75 Å². The smallest absolute Gasteiger partial charge is 0.196 e. The van der Waals surface area contributed by atoms with E-state index in [1.807, 2.05) is 18.2 Å². The number of methoxy groups -OCH3 is 1. The number of guanidine groups is 1. The molecule has 2 rings (SSSR count). The van der Waals surface area contributed by atoms with Crippen LogP contribution in [0.4, 0.5) is 5.69 Å². The first kappa shape index (κ1) is 19.9. The molecule has 1 saturated carbocycles. The van der Waals surface area contributed by atoms with Crippen LogP contribution >= 0.6 is 11.6 Å². The van der Waals surface area contributed by atoms with Gasteiger partial charge in [0.15, 0.2) is 5.96 Å². The molecular formula is C19H31ClN4O. The minimum Gasteiger partial charge on any atom is -0.495 e. The molecule has 1 fully saturated rings. The van der Waals surface area contributed by atoms with E-state index >= 15 is 0 Å². The highest BCUT2D eigenvalue weighted by Gasteiger charge is 2.23. The van der Waals surface area contributed by atoms with Gasteiger partial charge < -0.3 is 21.1 Å². The monoisotopic (exact) mass is 366 g/mol. The predicted octanol–water partition coefficient (Wildman–Crippen LogP) is 4.02. The van der Waals surface area contributed by atoms with Crippen LogP contribution in [0.5, 0.6) is 5.75 Å². The number of benzene rings is 1. The number of ether oxygens (including phenoxy) is 1. The molecule has 0 aromatic heterocycles. The third kappa shape index (κ3) is 6.40. The summed E-state index contributed by atoms with van der Waals surface area (Å²) in [4.78, 5) is 4.76. The molecule has 2 atom stereocenters. The Morgan fingerprint density at radius 2 is 2.04 bits per heavy atom. The molecule has 0 saturated heterocycles. The molecule has 1 aromatic rings. The van der Waals surface area contributed by atoms with E-state index in [1.165, 1.54) is 12.8 Å². The molecule has 0 radical (unpaired) electrons. The van der Waals surface area contributed by atoms with Gasteiger partial charge >= 0.3 is 0 Å². The fourth-order valence-electron chi connectivity index (χ4n) is 2.86. The molecule has 1 aromatic carbocycles. The minimum atomic E-state index is 0.0989. The third-order valence-electron chi connectivity index (χ3n) is 4.27. The largest absolute Gasteiger partial charge is 0.495 e. The number of nitrogens with two attached hydrogens (primary N) is 1. The van der Waals surface area contributed by atoms with Gasteiger partial charge in [-0.05, 0) is 36.5 Å². The van der Waals surface area contributed by atoms with E-state index < -0.39 is 0 Å². The van der Waals surface area contributed by atoms with Crippen LogP contribution in [0, 0.1) is 5.41 Å². The molecule has 5 nitrogen and oxygen atoms in total. The zero-order valence-electron chi connectivity index (χ0n) is 15.7. The van der Waals surface area contributed by atoms with E-state index in [1.54, 1.807) is 7.11 Å². The zero-order valence-corrected chi connectivity index (χ0v) is 16.5. The number of halogens is 1. The Bertz CT molecular complexity index is 598. The second-order valence-corrected chi connectivity index (χ2v) is 8.33. The third-order valence-corrected chi connectivity index (χ3v) is 4.50. The Morgan fingerprint density at radius 1 is 1.32 bits per heavy atom. The van der Waals surface area contributed by atoms with Gasteiger partial charge in [0.25, 0.3) is 0 Å². The second kappa shape index (κ2) is 8.77. The molecule has 140 valence electrons. The van der Waals surface area contributed by atoms with Crippen molar-refractivity contribution >= 4 is 23.2 Å².